The van der Waals surface area contributed by atoms with Crippen LogP contribution in [-0.2, 0) is 9.59 Å². The fourth-order valence-electron chi connectivity index (χ4n) is 1.37. The maximum atomic E-state index is 11.7. The Morgan fingerprint density at radius 2 is 1.86 bits per heavy atom. The van der Waals surface area contributed by atoms with E-state index in [0.717, 1.165) is 0 Å². The molecule has 3 amide bonds. The van der Waals surface area contributed by atoms with Crippen molar-refractivity contribution in [3.05, 3.63) is 23.5 Å². The van der Waals surface area contributed by atoms with Crippen LogP contribution in [0.3, 0.4) is 0 Å². The highest BCUT2D eigenvalue weighted by Crippen LogP contribution is 2.10. The molecular formula is C13H18N4O4. The number of imide groups is 1. The molecule has 0 aliphatic carbocycles. The molecule has 0 aromatic carbocycles. The summed E-state index contributed by atoms with van der Waals surface area (Å²) in [4.78, 5) is 34.1. The first-order valence-electron chi connectivity index (χ1n) is 6.29. The Balaban J connectivity index is 2.67. The molecule has 0 saturated carbocycles. The quantitative estimate of drug-likeness (QED) is 0.729. The van der Waals surface area contributed by atoms with E-state index < -0.39 is 17.9 Å². The molecule has 0 unspecified atom stereocenters. The van der Waals surface area contributed by atoms with Crippen LogP contribution in [0, 0.1) is 0 Å². The molecule has 0 fully saturated rings. The zero-order valence-corrected chi connectivity index (χ0v) is 12.3. The van der Waals surface area contributed by atoms with Crippen molar-refractivity contribution in [3.8, 4) is 0 Å². The standard InChI is InChI=1S/C13H18N4O4/c1-7(2)17-6-10(5-14-17)15-13(21)16-11(18)8(3)9(4)12(19)20/h5-7H,1-4H3,(H,19,20)(H2,15,16,18,21). The number of urea groups is 1. The van der Waals surface area contributed by atoms with Crippen LogP contribution in [0.25, 0.3) is 0 Å². The van der Waals surface area contributed by atoms with Gasteiger partial charge in [0.15, 0.2) is 0 Å². The Morgan fingerprint density at radius 3 is 2.33 bits per heavy atom. The third-order valence-corrected chi connectivity index (χ3v) is 2.84. The number of nitrogens with zero attached hydrogens (tertiary/aromatic N) is 2. The van der Waals surface area contributed by atoms with Crippen molar-refractivity contribution in [2.75, 3.05) is 5.32 Å². The second-order valence-corrected chi connectivity index (χ2v) is 4.77. The van der Waals surface area contributed by atoms with E-state index in [1.807, 2.05) is 13.8 Å². The number of rotatable bonds is 4. The van der Waals surface area contributed by atoms with Crippen LogP contribution < -0.4 is 10.6 Å². The molecule has 21 heavy (non-hydrogen) atoms. The monoisotopic (exact) mass is 294 g/mol. The number of hydrogen-bond donors (Lipinski definition) is 3. The molecule has 0 aliphatic rings. The first-order valence-corrected chi connectivity index (χ1v) is 6.29. The predicted molar refractivity (Wildman–Crippen MR) is 75.8 cm³/mol. The average molecular weight is 294 g/mol. The highest BCUT2D eigenvalue weighted by Gasteiger charge is 2.15. The molecule has 1 rings (SSSR count). The van der Waals surface area contributed by atoms with Gasteiger partial charge < -0.3 is 10.4 Å². The van der Waals surface area contributed by atoms with E-state index in [2.05, 4.69) is 15.7 Å². The smallest absolute Gasteiger partial charge is 0.331 e. The number of carboxylic acids is 1. The van der Waals surface area contributed by atoms with Crippen LogP contribution in [0.2, 0.25) is 0 Å². The number of aliphatic carboxylic acids is 1. The number of aromatic nitrogens is 2. The molecule has 3 N–H and O–H groups in total. The molecule has 0 radical (unpaired) electrons. The van der Waals surface area contributed by atoms with E-state index in [1.165, 1.54) is 20.0 Å². The molecule has 1 heterocycles. The van der Waals surface area contributed by atoms with Crippen molar-refractivity contribution in [1.82, 2.24) is 15.1 Å². The van der Waals surface area contributed by atoms with Crippen LogP contribution in [0.15, 0.2) is 23.5 Å². The second kappa shape index (κ2) is 6.69. The predicted octanol–water partition coefficient (Wildman–Crippen LogP) is 1.53. The van der Waals surface area contributed by atoms with Crippen LogP contribution in [0.4, 0.5) is 10.5 Å². The van der Waals surface area contributed by atoms with Crippen molar-refractivity contribution in [1.29, 1.82) is 0 Å². The van der Waals surface area contributed by atoms with Gasteiger partial charge in [-0.05, 0) is 27.7 Å². The Morgan fingerprint density at radius 1 is 1.24 bits per heavy atom. The topological polar surface area (TPSA) is 113 Å². The summed E-state index contributed by atoms with van der Waals surface area (Å²) in [6.45, 7) is 6.50. The van der Waals surface area contributed by atoms with Gasteiger partial charge in [0.2, 0.25) is 0 Å². The summed E-state index contributed by atoms with van der Waals surface area (Å²) in [6.07, 6.45) is 3.08. The van der Waals surface area contributed by atoms with Gasteiger partial charge in [-0.3, -0.25) is 14.8 Å². The van der Waals surface area contributed by atoms with E-state index in [1.54, 1.807) is 10.9 Å². The van der Waals surface area contributed by atoms with Gasteiger partial charge in [0.25, 0.3) is 5.91 Å². The van der Waals surface area contributed by atoms with Gasteiger partial charge >= 0.3 is 12.0 Å². The molecular weight excluding hydrogens is 276 g/mol. The van der Waals surface area contributed by atoms with Gasteiger partial charge in [0.1, 0.15) is 0 Å². The molecule has 0 atom stereocenters. The number of anilines is 1. The normalized spacial score (nSPS) is 11.9. The van der Waals surface area contributed by atoms with Crippen LogP contribution in [0.1, 0.15) is 33.7 Å². The molecule has 1 aromatic heterocycles. The zero-order valence-electron chi connectivity index (χ0n) is 12.3. The van der Waals surface area contributed by atoms with Crippen LogP contribution in [-0.4, -0.2) is 32.8 Å². The Bertz CT molecular complexity index is 601. The molecule has 0 saturated heterocycles. The molecule has 114 valence electrons. The number of hydrogen-bond acceptors (Lipinski definition) is 4. The van der Waals surface area contributed by atoms with Crippen molar-refractivity contribution in [3.63, 3.8) is 0 Å². The highest BCUT2D eigenvalue weighted by atomic mass is 16.4. The number of carboxylic acid groups (broad SMARTS) is 1. The molecule has 0 spiro atoms. The molecule has 8 nitrogen and oxygen atoms in total. The summed E-state index contributed by atoms with van der Waals surface area (Å²) < 4.78 is 1.65. The van der Waals surface area contributed by atoms with Crippen molar-refractivity contribution in [2.24, 2.45) is 0 Å². The minimum atomic E-state index is -1.21. The van der Waals surface area contributed by atoms with Crippen molar-refractivity contribution in [2.45, 2.75) is 33.7 Å². The van der Waals surface area contributed by atoms with Crippen LogP contribution >= 0.6 is 0 Å². The summed E-state index contributed by atoms with van der Waals surface area (Å²) in [5.41, 5.74) is 0.286. The Hall–Kier alpha value is -2.64. The lowest BCUT2D eigenvalue weighted by Crippen LogP contribution is -2.35. The van der Waals surface area contributed by atoms with Crippen LogP contribution in [0.5, 0.6) is 0 Å². The third-order valence-electron chi connectivity index (χ3n) is 2.84. The lowest BCUT2D eigenvalue weighted by Gasteiger charge is -2.07. The van der Waals surface area contributed by atoms with Gasteiger partial charge in [0.05, 0.1) is 11.9 Å². The molecule has 0 aliphatic heterocycles. The second-order valence-electron chi connectivity index (χ2n) is 4.77. The van der Waals surface area contributed by atoms with Crippen molar-refractivity contribution < 1.29 is 19.5 Å². The number of carbonyl (C=O) groups is 3. The largest absolute Gasteiger partial charge is 0.478 e. The summed E-state index contributed by atoms with van der Waals surface area (Å²) in [5.74, 6) is -1.97. The van der Waals surface area contributed by atoms with Gasteiger partial charge in [0, 0.05) is 23.4 Å². The lowest BCUT2D eigenvalue weighted by molar-refractivity contribution is -0.133. The van der Waals surface area contributed by atoms with Gasteiger partial charge in [-0.25, -0.2) is 9.59 Å². The summed E-state index contributed by atoms with van der Waals surface area (Å²) >= 11 is 0. The molecule has 1 aromatic rings. The fourth-order valence-corrected chi connectivity index (χ4v) is 1.37. The lowest BCUT2D eigenvalue weighted by atomic mass is 10.1. The maximum absolute atomic E-state index is 11.7. The van der Waals surface area contributed by atoms with Crippen molar-refractivity contribution >= 4 is 23.6 Å². The first-order chi connectivity index (χ1) is 9.72. The van der Waals surface area contributed by atoms with Gasteiger partial charge in [-0.1, -0.05) is 0 Å². The average Bonchev–Trinajstić information content (AvgIpc) is 2.85. The summed E-state index contributed by atoms with van der Waals surface area (Å²) in [7, 11) is 0. The Kier molecular flexibility index (Phi) is 5.23. The summed E-state index contributed by atoms with van der Waals surface area (Å²) in [5, 5.41) is 17.3. The maximum Gasteiger partial charge on any atom is 0.331 e. The van der Waals surface area contributed by atoms with E-state index >= 15 is 0 Å². The number of carbonyl (C=O) groups excluding carboxylic acids is 2. The van der Waals surface area contributed by atoms with Gasteiger partial charge in [-0.2, -0.15) is 5.10 Å². The number of amides is 3. The number of nitrogens with one attached hydrogen (secondary N) is 2. The van der Waals surface area contributed by atoms with E-state index in [-0.39, 0.29) is 17.2 Å². The molecule has 8 heteroatoms. The SMILES string of the molecule is CC(C(=O)O)=C(C)C(=O)NC(=O)Nc1cnn(C(C)C)c1. The fraction of sp³-hybridized carbons (Fsp3) is 0.385. The van der Waals surface area contributed by atoms with E-state index in [0.29, 0.717) is 5.69 Å². The van der Waals surface area contributed by atoms with Gasteiger partial charge in [-0.15, -0.1) is 0 Å². The first kappa shape index (κ1) is 16.4. The zero-order chi connectivity index (χ0) is 16.2. The van der Waals surface area contributed by atoms with E-state index in [9.17, 15) is 14.4 Å². The Labute approximate surface area is 121 Å². The van der Waals surface area contributed by atoms with E-state index in [4.69, 9.17) is 5.11 Å². The highest BCUT2D eigenvalue weighted by molar-refractivity contribution is 6.10. The minimum Gasteiger partial charge on any atom is -0.478 e. The third kappa shape index (κ3) is 4.44. The molecule has 0 bridgehead atoms. The minimum absolute atomic E-state index is 0.0319. The summed E-state index contributed by atoms with van der Waals surface area (Å²) in [6, 6.07) is -0.602.